The van der Waals surface area contributed by atoms with Crippen molar-refractivity contribution in [3.8, 4) is 0 Å². The predicted octanol–water partition coefficient (Wildman–Crippen LogP) is -2.94. The van der Waals surface area contributed by atoms with E-state index in [0.717, 1.165) is 0 Å². The molecule has 0 amide bonds. The van der Waals surface area contributed by atoms with E-state index in [1.165, 1.54) is 36.9 Å². The molecule has 0 aliphatic rings. The molecule has 0 radical (unpaired) electrons. The zero-order chi connectivity index (χ0) is 26.2. The summed E-state index contributed by atoms with van der Waals surface area (Å²) in [6.07, 6.45) is 4.29. The Bertz CT molecular complexity index is 852. The fourth-order valence-corrected chi connectivity index (χ4v) is 2.40. The van der Waals surface area contributed by atoms with Crippen molar-refractivity contribution in [1.29, 1.82) is 0 Å². The quantitative estimate of drug-likeness (QED) is 0.176. The van der Waals surface area contributed by atoms with Crippen LogP contribution in [-0.4, -0.2) is 128 Å². The number of aromatic nitrogens is 2. The molecule has 0 fully saturated rings. The van der Waals surface area contributed by atoms with Gasteiger partial charge in [0.15, 0.2) is 0 Å². The molecule has 2 rings (SSSR count). The van der Waals surface area contributed by atoms with E-state index in [1.54, 1.807) is 12.1 Å². The van der Waals surface area contributed by atoms with Gasteiger partial charge in [-0.25, -0.2) is 0 Å². The second kappa shape index (κ2) is 18.7. The van der Waals surface area contributed by atoms with Gasteiger partial charge in [0, 0.05) is 35.9 Å². The van der Waals surface area contributed by atoms with Gasteiger partial charge in [0.05, 0.1) is 46.3 Å². The third-order valence-corrected chi connectivity index (χ3v) is 4.41. The fourth-order valence-electron chi connectivity index (χ4n) is 1.66. The van der Waals surface area contributed by atoms with Gasteiger partial charge in [0.1, 0.15) is 19.3 Å². The van der Waals surface area contributed by atoms with Crippen molar-refractivity contribution in [3.05, 3.63) is 60.2 Å². The van der Waals surface area contributed by atoms with Gasteiger partial charge in [-0.15, -0.1) is 0 Å². The Kier molecular flexibility index (Phi) is 19.1. The normalized spacial score (nSPS) is 12.9. The summed E-state index contributed by atoms with van der Waals surface area (Å²) in [7, 11) is 1.32. The van der Waals surface area contributed by atoms with Gasteiger partial charge in [0.2, 0.25) is 0 Å². The third-order valence-electron chi connectivity index (χ3n) is 3.44. The van der Waals surface area contributed by atoms with Crippen molar-refractivity contribution >= 4 is 57.5 Å². The minimum absolute atomic E-state index is 0. The van der Waals surface area contributed by atoms with Crippen LogP contribution in [0.3, 0.4) is 0 Å². The van der Waals surface area contributed by atoms with Crippen LogP contribution in [0.25, 0.3) is 0 Å². The molecule has 0 aromatic carbocycles. The van der Waals surface area contributed by atoms with Crippen LogP contribution in [0.1, 0.15) is 20.7 Å². The van der Waals surface area contributed by atoms with Crippen molar-refractivity contribution in [2.75, 3.05) is 47.5 Å². The molecule has 0 spiro atoms. The van der Waals surface area contributed by atoms with Crippen LogP contribution in [0.2, 0.25) is 0 Å². The Morgan fingerprint density at radius 2 is 1.49 bits per heavy atom. The molecular weight excluding hydrogens is 513 g/mol. The second-order valence-corrected chi connectivity index (χ2v) is 8.90. The molecule has 0 saturated heterocycles. The van der Waals surface area contributed by atoms with Gasteiger partial charge in [-0.2, -0.15) is 0 Å². The van der Waals surface area contributed by atoms with Crippen LogP contribution in [0.5, 0.6) is 0 Å². The monoisotopic (exact) mass is 541 g/mol. The van der Waals surface area contributed by atoms with Gasteiger partial charge in [-0.1, -0.05) is 12.1 Å². The largest absolute Gasteiger partial charge is 2.00 e. The molecule has 2 heterocycles. The Hall–Kier alpha value is -1.51. The summed E-state index contributed by atoms with van der Waals surface area (Å²) >= 11 is 0. The average Bonchev–Trinajstić information content (AvgIpc) is 2.78. The minimum Gasteiger partial charge on any atom is -0.756 e. The van der Waals surface area contributed by atoms with Gasteiger partial charge < -0.3 is 48.4 Å². The standard InChI is InChI=1S/C8H20NO6P.2C6H5NO2.Ca/c1-9(2,3)4-5-14-16(12,13)15-7-8(11)6-10;2*8-6(9)5-2-1-3-7-4-5;/h8,10-11H,4-7H2,1-3H3;2*1-4H,(H,8,9);/q;;;+2/p-2. The van der Waals surface area contributed by atoms with Crippen LogP contribution < -0.4 is 15.1 Å². The number of phosphoric acid groups is 1. The number of nitrogens with zero attached hydrogens (tertiary/aromatic N) is 3. The molecular formula is C20H28CaN3O10P. The maximum Gasteiger partial charge on any atom is 2.00 e. The summed E-state index contributed by atoms with van der Waals surface area (Å²) in [4.78, 5) is 38.4. The molecule has 2 unspecified atom stereocenters. The number of phosphoric ester groups is 1. The van der Waals surface area contributed by atoms with Crippen LogP contribution in [0.15, 0.2) is 49.1 Å². The van der Waals surface area contributed by atoms with Crippen LogP contribution >= 0.6 is 7.82 Å². The second-order valence-electron chi connectivity index (χ2n) is 7.48. The molecule has 35 heavy (non-hydrogen) atoms. The molecule has 0 saturated carbocycles. The number of carboxylic acids is 2. The zero-order valence-electron chi connectivity index (χ0n) is 19.7. The van der Waals surface area contributed by atoms with Crippen LogP contribution in [0, 0.1) is 0 Å². The number of pyridine rings is 2. The molecule has 2 aromatic heterocycles. The van der Waals surface area contributed by atoms with Crippen molar-refractivity contribution in [2.24, 2.45) is 0 Å². The van der Waals surface area contributed by atoms with Gasteiger partial charge in [0.25, 0.3) is 7.82 Å². The zero-order valence-corrected chi connectivity index (χ0v) is 22.8. The molecule has 2 N–H and O–H groups in total. The average molecular weight is 542 g/mol. The first kappa shape index (κ1) is 35.7. The number of carbonyl (C=O) groups is 2. The molecule has 190 valence electrons. The third kappa shape index (κ3) is 20.4. The summed E-state index contributed by atoms with van der Waals surface area (Å²) in [5.74, 6) is -2.38. The number of aromatic carboxylic acids is 2. The first-order chi connectivity index (χ1) is 15.8. The maximum absolute atomic E-state index is 11.1. The molecule has 0 aliphatic heterocycles. The summed E-state index contributed by atoms with van der Waals surface area (Å²) in [5, 5.41) is 37.4. The van der Waals surface area contributed by atoms with E-state index in [9.17, 15) is 29.3 Å². The summed E-state index contributed by atoms with van der Waals surface area (Å²) in [6, 6.07) is 5.96. The summed E-state index contributed by atoms with van der Waals surface area (Å²) in [6.45, 7) is -0.530. The number of quaternary nitrogens is 1. The number of rotatable bonds is 10. The van der Waals surface area contributed by atoms with Gasteiger partial charge in [-0.3, -0.25) is 14.5 Å². The van der Waals surface area contributed by atoms with E-state index in [4.69, 9.17) is 10.2 Å². The fraction of sp³-hybridized carbons (Fsp3) is 0.400. The SMILES string of the molecule is C[N+](C)(C)CCOP(=O)([O-])OCC(O)CO.O=C([O-])c1cccnc1.O=C([O-])c1cccnc1.[Ca+2]. The molecule has 0 bridgehead atoms. The van der Waals surface area contributed by atoms with E-state index in [2.05, 4.69) is 19.0 Å². The molecule has 13 nitrogen and oxygen atoms in total. The van der Waals surface area contributed by atoms with E-state index in [0.29, 0.717) is 11.0 Å². The van der Waals surface area contributed by atoms with E-state index in [1.807, 2.05) is 21.1 Å². The molecule has 0 aliphatic carbocycles. The number of carboxylic acid groups (broad SMARTS) is 2. The van der Waals surface area contributed by atoms with Gasteiger partial charge in [-0.05, 0) is 12.1 Å². The van der Waals surface area contributed by atoms with E-state index < -0.39 is 39.1 Å². The Balaban J connectivity index is 0. The van der Waals surface area contributed by atoms with Crippen molar-refractivity contribution < 1.29 is 53.0 Å². The van der Waals surface area contributed by atoms with Crippen LogP contribution in [-0.2, 0) is 13.6 Å². The first-order valence-corrected chi connectivity index (χ1v) is 11.2. The van der Waals surface area contributed by atoms with Crippen molar-refractivity contribution in [2.45, 2.75) is 6.10 Å². The number of aliphatic hydroxyl groups excluding tert-OH is 2. The Morgan fingerprint density at radius 3 is 1.77 bits per heavy atom. The van der Waals surface area contributed by atoms with Crippen molar-refractivity contribution in [1.82, 2.24) is 9.97 Å². The van der Waals surface area contributed by atoms with Crippen molar-refractivity contribution in [3.63, 3.8) is 0 Å². The number of carbonyl (C=O) groups excluding carboxylic acids is 2. The predicted molar refractivity (Wildman–Crippen MR) is 118 cm³/mol. The molecule has 2 atom stereocenters. The molecule has 2 aromatic rings. The number of hydrogen-bond acceptors (Lipinski definition) is 12. The summed E-state index contributed by atoms with van der Waals surface area (Å²) in [5.41, 5.74) is 0.218. The Morgan fingerprint density at radius 1 is 1.03 bits per heavy atom. The summed E-state index contributed by atoms with van der Waals surface area (Å²) < 4.78 is 20.6. The minimum atomic E-state index is -4.38. The van der Waals surface area contributed by atoms with E-state index in [-0.39, 0.29) is 55.5 Å². The smallest absolute Gasteiger partial charge is 0.756 e. The Labute approximate surface area is 233 Å². The number of likely N-dealkylation sites (N-methyl/N-ethyl adjacent to an activating group) is 1. The molecule has 15 heteroatoms. The van der Waals surface area contributed by atoms with E-state index >= 15 is 0 Å². The first-order valence-electron chi connectivity index (χ1n) is 9.69. The van der Waals surface area contributed by atoms with Crippen LogP contribution in [0.4, 0.5) is 0 Å². The number of hydrogen-bond donors (Lipinski definition) is 2. The number of aliphatic hydroxyl groups is 2. The maximum atomic E-state index is 11.1. The topological polar surface area (TPSA) is 205 Å². The van der Waals surface area contributed by atoms with Gasteiger partial charge >= 0.3 is 37.7 Å².